The summed E-state index contributed by atoms with van der Waals surface area (Å²) in [5.41, 5.74) is 3.27. The van der Waals surface area contributed by atoms with E-state index in [0.29, 0.717) is 5.92 Å². The van der Waals surface area contributed by atoms with Gasteiger partial charge in [-0.05, 0) is 58.7 Å². The summed E-state index contributed by atoms with van der Waals surface area (Å²) >= 11 is 3.60. The molecule has 3 heterocycles. The van der Waals surface area contributed by atoms with Crippen LogP contribution in [0.15, 0.2) is 41.3 Å². The molecule has 2 bridgehead atoms. The minimum atomic E-state index is 0.601. The molecule has 5 nitrogen and oxygen atoms in total. The molecule has 1 N–H and O–H groups in total. The molecule has 3 aromatic rings. The quantitative estimate of drug-likeness (QED) is 0.708. The average Bonchev–Trinajstić information content (AvgIpc) is 3.37. The molecule has 2 fully saturated rings. The first-order chi connectivity index (χ1) is 12.3. The molecule has 3 atom stereocenters. The van der Waals surface area contributed by atoms with Crippen molar-refractivity contribution >= 4 is 27.4 Å². The van der Waals surface area contributed by atoms with Crippen molar-refractivity contribution < 1.29 is 0 Å². The van der Waals surface area contributed by atoms with Gasteiger partial charge in [0.25, 0.3) is 0 Å². The first kappa shape index (κ1) is 15.3. The number of hydrogen-bond donors (Lipinski definition) is 1. The topological polar surface area (TPSA) is 55.1 Å². The highest BCUT2D eigenvalue weighted by molar-refractivity contribution is 9.10. The summed E-state index contributed by atoms with van der Waals surface area (Å²) in [7, 11) is 0. The summed E-state index contributed by atoms with van der Waals surface area (Å²) in [6.45, 7) is 0.723. The third-order valence-electron chi connectivity index (χ3n) is 5.76. The SMILES string of the molecule is Brc1cnn2c(NCc3cccnc3)cc(C3CC4CCC3C4)nc12. The van der Waals surface area contributed by atoms with Gasteiger partial charge in [0.05, 0.1) is 10.7 Å². The first-order valence-corrected chi connectivity index (χ1v) is 9.74. The van der Waals surface area contributed by atoms with E-state index in [9.17, 15) is 0 Å². The maximum Gasteiger partial charge on any atom is 0.171 e. The Bertz CT molecular complexity index is 907. The van der Waals surface area contributed by atoms with Gasteiger partial charge in [0, 0.05) is 36.6 Å². The summed E-state index contributed by atoms with van der Waals surface area (Å²) < 4.78 is 2.83. The second kappa shape index (κ2) is 6.09. The van der Waals surface area contributed by atoms with Gasteiger partial charge in [-0.3, -0.25) is 4.98 Å². The molecule has 2 aliphatic rings. The minimum absolute atomic E-state index is 0.601. The predicted octanol–water partition coefficient (Wildman–Crippen LogP) is 4.40. The van der Waals surface area contributed by atoms with Crippen LogP contribution in [0.4, 0.5) is 5.82 Å². The molecule has 5 rings (SSSR count). The van der Waals surface area contributed by atoms with Crippen LogP contribution in [0.2, 0.25) is 0 Å². The van der Waals surface area contributed by atoms with Crippen molar-refractivity contribution in [3.63, 3.8) is 0 Å². The zero-order valence-corrected chi connectivity index (χ0v) is 15.5. The van der Waals surface area contributed by atoms with Gasteiger partial charge in [-0.1, -0.05) is 12.5 Å². The van der Waals surface area contributed by atoms with Crippen LogP contribution < -0.4 is 5.32 Å². The lowest BCUT2D eigenvalue weighted by Crippen LogP contribution is -2.13. The van der Waals surface area contributed by atoms with E-state index in [0.717, 1.165) is 39.9 Å². The number of anilines is 1. The maximum atomic E-state index is 4.95. The highest BCUT2D eigenvalue weighted by Crippen LogP contribution is 2.52. The number of rotatable bonds is 4. The molecule has 0 saturated heterocycles. The Labute approximate surface area is 155 Å². The number of hydrogen-bond acceptors (Lipinski definition) is 4. The monoisotopic (exact) mass is 397 g/mol. The predicted molar refractivity (Wildman–Crippen MR) is 100 cm³/mol. The van der Waals surface area contributed by atoms with E-state index in [1.807, 2.05) is 23.0 Å². The standard InChI is InChI=1S/C19H20BrN5/c20-16-11-23-25-18(22-10-13-2-1-5-21-9-13)8-17(24-19(16)25)15-7-12-3-4-14(15)6-12/h1-2,5,8-9,11-12,14-15,22H,3-4,6-7,10H2. The van der Waals surface area contributed by atoms with E-state index in [1.54, 1.807) is 6.20 Å². The Kier molecular flexibility index (Phi) is 3.73. The van der Waals surface area contributed by atoms with Crippen LogP contribution in [0.3, 0.4) is 0 Å². The van der Waals surface area contributed by atoms with Gasteiger partial charge in [0.1, 0.15) is 5.82 Å². The molecule has 0 spiro atoms. The molecular formula is C19H20BrN5. The van der Waals surface area contributed by atoms with E-state index in [2.05, 4.69) is 43.5 Å². The molecule has 2 aliphatic carbocycles. The Morgan fingerprint density at radius 3 is 2.96 bits per heavy atom. The van der Waals surface area contributed by atoms with Crippen LogP contribution in [0, 0.1) is 11.8 Å². The van der Waals surface area contributed by atoms with E-state index in [4.69, 9.17) is 4.98 Å². The minimum Gasteiger partial charge on any atom is -0.366 e. The maximum absolute atomic E-state index is 4.95. The summed E-state index contributed by atoms with van der Waals surface area (Å²) in [5, 5.41) is 8.00. The van der Waals surface area contributed by atoms with Crippen molar-refractivity contribution in [2.24, 2.45) is 11.8 Å². The lowest BCUT2D eigenvalue weighted by molar-refractivity contribution is 0.413. The normalized spacial score (nSPS) is 24.9. The van der Waals surface area contributed by atoms with Crippen LogP contribution in [0.25, 0.3) is 5.65 Å². The molecule has 3 aromatic heterocycles. The van der Waals surface area contributed by atoms with Crippen LogP contribution in [-0.4, -0.2) is 19.6 Å². The number of fused-ring (bicyclic) bond motifs is 3. The van der Waals surface area contributed by atoms with Crippen LogP contribution in [-0.2, 0) is 6.54 Å². The summed E-state index contributed by atoms with van der Waals surface area (Å²) in [6.07, 6.45) is 11.0. The largest absolute Gasteiger partial charge is 0.366 e. The fourth-order valence-corrected chi connectivity index (χ4v) is 4.92. The molecule has 2 saturated carbocycles. The number of nitrogens with zero attached hydrogens (tertiary/aromatic N) is 4. The third-order valence-corrected chi connectivity index (χ3v) is 6.32. The van der Waals surface area contributed by atoms with Crippen molar-refractivity contribution in [3.05, 3.63) is 52.5 Å². The number of nitrogens with one attached hydrogen (secondary N) is 1. The van der Waals surface area contributed by atoms with Gasteiger partial charge >= 0.3 is 0 Å². The average molecular weight is 398 g/mol. The van der Waals surface area contributed by atoms with E-state index < -0.39 is 0 Å². The smallest absolute Gasteiger partial charge is 0.171 e. The second-order valence-corrected chi connectivity index (χ2v) is 8.14. The summed E-state index contributed by atoms with van der Waals surface area (Å²) in [6, 6.07) is 6.24. The summed E-state index contributed by atoms with van der Waals surface area (Å²) in [5.74, 6) is 3.32. The molecule has 0 radical (unpaired) electrons. The molecule has 6 heteroatoms. The fraction of sp³-hybridized carbons (Fsp3) is 0.421. The summed E-state index contributed by atoms with van der Waals surface area (Å²) in [4.78, 5) is 9.14. The van der Waals surface area contributed by atoms with Crippen LogP contribution >= 0.6 is 15.9 Å². The number of aromatic nitrogens is 4. The number of halogens is 1. The van der Waals surface area contributed by atoms with Crippen molar-refractivity contribution in [1.29, 1.82) is 0 Å². The lowest BCUT2D eigenvalue weighted by Gasteiger charge is -2.22. The Hall–Kier alpha value is -1.95. The van der Waals surface area contributed by atoms with Crippen LogP contribution in [0.5, 0.6) is 0 Å². The second-order valence-electron chi connectivity index (χ2n) is 7.29. The van der Waals surface area contributed by atoms with E-state index >= 15 is 0 Å². The zero-order chi connectivity index (χ0) is 16.8. The van der Waals surface area contributed by atoms with Gasteiger partial charge in [-0.2, -0.15) is 9.61 Å². The molecular weight excluding hydrogens is 378 g/mol. The van der Waals surface area contributed by atoms with Gasteiger partial charge in [-0.15, -0.1) is 0 Å². The third kappa shape index (κ3) is 2.72. The van der Waals surface area contributed by atoms with Crippen molar-refractivity contribution in [1.82, 2.24) is 19.6 Å². The first-order valence-electron chi connectivity index (χ1n) is 8.95. The molecule has 3 unspecified atom stereocenters. The molecule has 128 valence electrons. The van der Waals surface area contributed by atoms with Crippen LogP contribution in [0.1, 0.15) is 42.9 Å². The Balaban J connectivity index is 1.50. The van der Waals surface area contributed by atoms with Crippen molar-refractivity contribution in [2.75, 3.05) is 5.32 Å². The zero-order valence-electron chi connectivity index (χ0n) is 13.9. The Morgan fingerprint density at radius 2 is 2.20 bits per heavy atom. The highest BCUT2D eigenvalue weighted by atomic mass is 79.9. The van der Waals surface area contributed by atoms with E-state index in [1.165, 1.54) is 31.4 Å². The lowest BCUT2D eigenvalue weighted by atomic mass is 9.86. The van der Waals surface area contributed by atoms with Gasteiger partial charge < -0.3 is 5.32 Å². The van der Waals surface area contributed by atoms with Gasteiger partial charge in [-0.25, -0.2) is 4.98 Å². The molecule has 0 amide bonds. The van der Waals surface area contributed by atoms with Crippen molar-refractivity contribution in [2.45, 2.75) is 38.1 Å². The van der Waals surface area contributed by atoms with Gasteiger partial charge in [0.2, 0.25) is 0 Å². The Morgan fingerprint density at radius 1 is 1.24 bits per heavy atom. The van der Waals surface area contributed by atoms with Gasteiger partial charge in [0.15, 0.2) is 5.65 Å². The van der Waals surface area contributed by atoms with E-state index in [-0.39, 0.29) is 0 Å². The highest BCUT2D eigenvalue weighted by Gasteiger charge is 2.41. The molecule has 0 aromatic carbocycles. The molecule has 0 aliphatic heterocycles. The fourth-order valence-electron chi connectivity index (χ4n) is 4.57. The molecule has 25 heavy (non-hydrogen) atoms. The number of pyridine rings is 1. The van der Waals surface area contributed by atoms with Crippen molar-refractivity contribution in [3.8, 4) is 0 Å².